The molecule has 3 heteroatoms. The highest BCUT2D eigenvalue weighted by atomic mass is 16.3. The molecule has 1 aromatic heterocycles. The molecule has 19 heavy (non-hydrogen) atoms. The standard InChI is InChI=1S/C16H22N2O/c1-13(14-8-5-4-6-9-14)17-12-15(18(2)3)16-10-7-11-19-16/h4-11,13,15,17H,12H2,1-3H3. The maximum Gasteiger partial charge on any atom is 0.122 e. The van der Waals surface area contributed by atoms with Gasteiger partial charge in [0.15, 0.2) is 0 Å². The summed E-state index contributed by atoms with van der Waals surface area (Å²) >= 11 is 0. The summed E-state index contributed by atoms with van der Waals surface area (Å²) in [5, 5.41) is 3.57. The number of nitrogens with one attached hydrogen (secondary N) is 1. The van der Waals surface area contributed by atoms with Crippen LogP contribution >= 0.6 is 0 Å². The highest BCUT2D eigenvalue weighted by molar-refractivity contribution is 5.18. The molecular weight excluding hydrogens is 236 g/mol. The van der Waals surface area contributed by atoms with E-state index in [1.54, 1.807) is 6.26 Å². The van der Waals surface area contributed by atoms with Gasteiger partial charge in [-0.1, -0.05) is 30.3 Å². The predicted octanol–water partition coefficient (Wildman–Crippen LogP) is 3.23. The Hall–Kier alpha value is -1.58. The van der Waals surface area contributed by atoms with Crippen LogP contribution in [0.25, 0.3) is 0 Å². The molecule has 0 aliphatic heterocycles. The Kier molecular flexibility index (Phi) is 4.77. The van der Waals surface area contributed by atoms with E-state index in [0.717, 1.165) is 12.3 Å². The van der Waals surface area contributed by atoms with E-state index >= 15 is 0 Å². The van der Waals surface area contributed by atoms with E-state index in [9.17, 15) is 0 Å². The average molecular weight is 258 g/mol. The molecule has 0 fully saturated rings. The summed E-state index contributed by atoms with van der Waals surface area (Å²) in [6.07, 6.45) is 1.73. The molecule has 0 aliphatic rings. The summed E-state index contributed by atoms with van der Waals surface area (Å²) in [6.45, 7) is 3.04. The monoisotopic (exact) mass is 258 g/mol. The maximum atomic E-state index is 5.51. The Balaban J connectivity index is 1.96. The van der Waals surface area contributed by atoms with E-state index in [0.29, 0.717) is 6.04 Å². The van der Waals surface area contributed by atoms with Crippen LogP contribution in [0, 0.1) is 0 Å². The number of nitrogens with zero attached hydrogens (tertiary/aromatic N) is 1. The minimum absolute atomic E-state index is 0.251. The van der Waals surface area contributed by atoms with Gasteiger partial charge < -0.3 is 9.73 Å². The maximum absolute atomic E-state index is 5.51. The number of furan rings is 1. The van der Waals surface area contributed by atoms with Crippen molar-refractivity contribution in [1.82, 2.24) is 10.2 Å². The molecule has 102 valence electrons. The molecule has 0 bridgehead atoms. The van der Waals surface area contributed by atoms with Crippen LogP contribution in [0.15, 0.2) is 53.1 Å². The van der Waals surface area contributed by atoms with Gasteiger partial charge in [0.2, 0.25) is 0 Å². The van der Waals surface area contributed by atoms with Gasteiger partial charge in [-0.3, -0.25) is 4.90 Å². The molecule has 1 heterocycles. The van der Waals surface area contributed by atoms with Gasteiger partial charge >= 0.3 is 0 Å². The third-order valence-electron chi connectivity index (χ3n) is 3.41. The molecule has 2 aromatic rings. The van der Waals surface area contributed by atoms with Crippen molar-refractivity contribution in [3.05, 3.63) is 60.1 Å². The van der Waals surface area contributed by atoms with Gasteiger partial charge in [-0.2, -0.15) is 0 Å². The van der Waals surface area contributed by atoms with Gasteiger partial charge in [-0.15, -0.1) is 0 Å². The zero-order chi connectivity index (χ0) is 13.7. The van der Waals surface area contributed by atoms with Crippen LogP contribution < -0.4 is 5.32 Å². The Labute approximate surface area is 115 Å². The zero-order valence-electron chi connectivity index (χ0n) is 11.8. The topological polar surface area (TPSA) is 28.4 Å². The van der Waals surface area contributed by atoms with Gasteiger partial charge in [0, 0.05) is 12.6 Å². The van der Waals surface area contributed by atoms with Crippen LogP contribution in [0.5, 0.6) is 0 Å². The summed E-state index contributed by atoms with van der Waals surface area (Å²) < 4.78 is 5.51. The Morgan fingerprint density at radius 2 is 1.84 bits per heavy atom. The average Bonchev–Trinajstić information content (AvgIpc) is 2.93. The Bertz CT molecular complexity index is 465. The molecule has 2 unspecified atom stereocenters. The van der Waals surface area contributed by atoms with Crippen molar-refractivity contribution in [3.63, 3.8) is 0 Å². The van der Waals surface area contributed by atoms with E-state index in [2.05, 4.69) is 55.5 Å². The Morgan fingerprint density at radius 1 is 1.11 bits per heavy atom. The first kappa shape index (κ1) is 13.8. The number of likely N-dealkylation sites (N-methyl/N-ethyl adjacent to an activating group) is 1. The van der Waals surface area contributed by atoms with Crippen molar-refractivity contribution in [3.8, 4) is 0 Å². The summed E-state index contributed by atoms with van der Waals surface area (Å²) in [7, 11) is 4.14. The quantitative estimate of drug-likeness (QED) is 0.862. The molecule has 3 nitrogen and oxygen atoms in total. The lowest BCUT2D eigenvalue weighted by Crippen LogP contribution is -2.32. The van der Waals surface area contributed by atoms with Gasteiger partial charge in [0.1, 0.15) is 5.76 Å². The van der Waals surface area contributed by atoms with Crippen molar-refractivity contribution in [2.24, 2.45) is 0 Å². The summed E-state index contributed by atoms with van der Waals surface area (Å²) in [5.41, 5.74) is 1.31. The lowest BCUT2D eigenvalue weighted by molar-refractivity contribution is 0.245. The largest absolute Gasteiger partial charge is 0.468 e. The van der Waals surface area contributed by atoms with Gasteiger partial charge in [0.05, 0.1) is 12.3 Å². The highest BCUT2D eigenvalue weighted by Gasteiger charge is 2.17. The zero-order valence-corrected chi connectivity index (χ0v) is 11.8. The number of benzene rings is 1. The minimum Gasteiger partial charge on any atom is -0.468 e. The molecular formula is C16H22N2O. The van der Waals surface area contributed by atoms with Crippen molar-refractivity contribution < 1.29 is 4.42 Å². The molecule has 1 aromatic carbocycles. The number of rotatable bonds is 6. The van der Waals surface area contributed by atoms with E-state index < -0.39 is 0 Å². The number of hydrogen-bond donors (Lipinski definition) is 1. The predicted molar refractivity (Wildman–Crippen MR) is 78.0 cm³/mol. The second-order valence-corrected chi connectivity index (χ2v) is 5.04. The molecule has 0 spiro atoms. The molecule has 0 amide bonds. The van der Waals surface area contributed by atoms with Crippen LogP contribution in [-0.4, -0.2) is 25.5 Å². The fraction of sp³-hybridized carbons (Fsp3) is 0.375. The highest BCUT2D eigenvalue weighted by Crippen LogP contribution is 2.19. The third kappa shape index (κ3) is 3.69. The molecule has 0 saturated carbocycles. The van der Waals surface area contributed by atoms with E-state index in [1.807, 2.05) is 18.2 Å². The molecule has 2 atom stereocenters. The normalized spacial score (nSPS) is 14.5. The lowest BCUT2D eigenvalue weighted by atomic mass is 10.1. The van der Waals surface area contributed by atoms with Crippen LogP contribution in [0.4, 0.5) is 0 Å². The molecule has 0 saturated heterocycles. The molecule has 1 N–H and O–H groups in total. The molecule has 0 radical (unpaired) electrons. The summed E-state index contributed by atoms with van der Waals surface area (Å²) in [5.74, 6) is 0.998. The summed E-state index contributed by atoms with van der Waals surface area (Å²) in [4.78, 5) is 2.17. The summed E-state index contributed by atoms with van der Waals surface area (Å²) in [6, 6.07) is 15.0. The third-order valence-corrected chi connectivity index (χ3v) is 3.41. The van der Waals surface area contributed by atoms with Crippen LogP contribution in [0.1, 0.15) is 30.3 Å². The first-order chi connectivity index (χ1) is 9.18. The van der Waals surface area contributed by atoms with Crippen molar-refractivity contribution in [2.75, 3.05) is 20.6 Å². The van der Waals surface area contributed by atoms with Crippen molar-refractivity contribution in [1.29, 1.82) is 0 Å². The smallest absolute Gasteiger partial charge is 0.122 e. The van der Waals surface area contributed by atoms with Crippen molar-refractivity contribution >= 4 is 0 Å². The van der Waals surface area contributed by atoms with E-state index in [-0.39, 0.29) is 6.04 Å². The SMILES string of the molecule is CC(NCC(c1ccco1)N(C)C)c1ccccc1. The van der Waals surface area contributed by atoms with Crippen LogP contribution in [0.3, 0.4) is 0 Å². The fourth-order valence-electron chi connectivity index (χ4n) is 2.17. The van der Waals surface area contributed by atoms with Gasteiger partial charge in [-0.05, 0) is 38.7 Å². The fourth-order valence-corrected chi connectivity index (χ4v) is 2.17. The minimum atomic E-state index is 0.251. The molecule has 0 aliphatic carbocycles. The second-order valence-electron chi connectivity index (χ2n) is 5.04. The number of hydrogen-bond acceptors (Lipinski definition) is 3. The van der Waals surface area contributed by atoms with Crippen molar-refractivity contribution in [2.45, 2.75) is 19.0 Å². The van der Waals surface area contributed by atoms with Crippen LogP contribution in [-0.2, 0) is 0 Å². The molecule has 2 rings (SSSR count). The first-order valence-corrected chi connectivity index (χ1v) is 6.66. The Morgan fingerprint density at radius 3 is 2.42 bits per heavy atom. The second kappa shape index (κ2) is 6.55. The first-order valence-electron chi connectivity index (χ1n) is 6.66. The van der Waals surface area contributed by atoms with Gasteiger partial charge in [0.25, 0.3) is 0 Å². The van der Waals surface area contributed by atoms with E-state index in [1.165, 1.54) is 5.56 Å². The van der Waals surface area contributed by atoms with Crippen LogP contribution in [0.2, 0.25) is 0 Å². The lowest BCUT2D eigenvalue weighted by Gasteiger charge is -2.25. The van der Waals surface area contributed by atoms with E-state index in [4.69, 9.17) is 4.42 Å². The van der Waals surface area contributed by atoms with Gasteiger partial charge in [-0.25, -0.2) is 0 Å².